The van der Waals surface area contributed by atoms with E-state index in [4.69, 9.17) is 4.74 Å². The van der Waals surface area contributed by atoms with Crippen molar-refractivity contribution in [1.82, 2.24) is 20.5 Å². The van der Waals surface area contributed by atoms with E-state index in [2.05, 4.69) is 32.4 Å². The first-order valence-electron chi connectivity index (χ1n) is 9.03. The molecule has 1 aromatic heterocycles. The van der Waals surface area contributed by atoms with Gasteiger partial charge in [0.1, 0.15) is 5.82 Å². The number of likely N-dealkylation sites (N-methyl/N-ethyl adjacent to an activating group) is 1. The predicted molar refractivity (Wildman–Crippen MR) is 103 cm³/mol. The molecule has 1 unspecified atom stereocenters. The molecule has 26 heavy (non-hydrogen) atoms. The summed E-state index contributed by atoms with van der Waals surface area (Å²) in [7, 11) is 3.47. The zero-order valence-electron chi connectivity index (χ0n) is 16.2. The Morgan fingerprint density at radius 2 is 2.23 bits per heavy atom. The minimum Gasteiger partial charge on any atom is -0.375 e. The number of aromatic nitrogens is 1. The first-order valence-corrected chi connectivity index (χ1v) is 9.03. The molecule has 0 bridgehead atoms. The normalized spacial score (nSPS) is 17.8. The van der Waals surface area contributed by atoms with Crippen LogP contribution in [0.4, 0.5) is 5.82 Å². The highest BCUT2D eigenvalue weighted by atomic mass is 16.5. The molecule has 0 saturated carbocycles. The second kappa shape index (κ2) is 9.96. The molecule has 0 spiro atoms. The van der Waals surface area contributed by atoms with Gasteiger partial charge in [0, 0.05) is 39.9 Å². The van der Waals surface area contributed by atoms with Crippen molar-refractivity contribution in [2.75, 3.05) is 51.8 Å². The minimum atomic E-state index is 0.00126. The van der Waals surface area contributed by atoms with E-state index in [0.717, 1.165) is 37.6 Å². The van der Waals surface area contributed by atoms with Gasteiger partial charge < -0.3 is 25.2 Å². The van der Waals surface area contributed by atoms with Crippen LogP contribution in [0.1, 0.15) is 19.4 Å². The number of carbonyl (C=O) groups excluding carboxylic acids is 1. The molecular weight excluding hydrogens is 332 g/mol. The molecule has 2 heterocycles. The van der Waals surface area contributed by atoms with Gasteiger partial charge in [-0.25, -0.2) is 9.98 Å². The molecule has 8 heteroatoms. The molecule has 1 atom stereocenters. The third-order valence-electron chi connectivity index (χ3n) is 4.04. The quantitative estimate of drug-likeness (QED) is 0.565. The summed E-state index contributed by atoms with van der Waals surface area (Å²) in [6, 6.07) is 4.07. The van der Waals surface area contributed by atoms with Crippen LogP contribution in [0.15, 0.2) is 23.3 Å². The maximum absolute atomic E-state index is 11.7. The number of morpholine rings is 1. The smallest absolute Gasteiger partial charge is 0.241 e. The number of amides is 1. The van der Waals surface area contributed by atoms with E-state index in [1.165, 1.54) is 0 Å². The third-order valence-corrected chi connectivity index (χ3v) is 4.04. The van der Waals surface area contributed by atoms with Crippen molar-refractivity contribution in [3.05, 3.63) is 23.9 Å². The van der Waals surface area contributed by atoms with Gasteiger partial charge in [-0.2, -0.15) is 0 Å². The fraction of sp³-hybridized carbons (Fsp3) is 0.611. The number of ether oxygens (including phenoxy) is 1. The minimum absolute atomic E-state index is 0.00126. The number of rotatable bonds is 6. The van der Waals surface area contributed by atoms with Gasteiger partial charge >= 0.3 is 0 Å². The summed E-state index contributed by atoms with van der Waals surface area (Å²) >= 11 is 0. The molecule has 0 radical (unpaired) electrons. The Labute approximate surface area is 155 Å². The fourth-order valence-electron chi connectivity index (χ4n) is 2.55. The van der Waals surface area contributed by atoms with Gasteiger partial charge in [-0.15, -0.1) is 0 Å². The number of hydrogen-bond donors (Lipinski definition) is 2. The number of pyridine rings is 1. The van der Waals surface area contributed by atoms with Gasteiger partial charge in [0.25, 0.3) is 0 Å². The lowest BCUT2D eigenvalue weighted by atomic mass is 10.2. The molecule has 1 saturated heterocycles. The molecule has 0 aromatic carbocycles. The number of nitrogens with one attached hydrogen (secondary N) is 2. The van der Waals surface area contributed by atoms with Crippen molar-refractivity contribution in [3.63, 3.8) is 0 Å². The molecule has 1 fully saturated rings. The highest BCUT2D eigenvalue weighted by Gasteiger charge is 2.17. The lowest BCUT2D eigenvalue weighted by Crippen LogP contribution is -2.42. The molecule has 1 aliphatic rings. The highest BCUT2D eigenvalue weighted by Crippen LogP contribution is 2.15. The van der Waals surface area contributed by atoms with Gasteiger partial charge in [-0.3, -0.25) is 4.79 Å². The number of anilines is 1. The van der Waals surface area contributed by atoms with Crippen LogP contribution in [0.25, 0.3) is 0 Å². The van der Waals surface area contributed by atoms with E-state index >= 15 is 0 Å². The van der Waals surface area contributed by atoms with Crippen molar-refractivity contribution in [2.24, 2.45) is 4.99 Å². The second-order valence-electron chi connectivity index (χ2n) is 6.49. The molecule has 1 aromatic rings. The summed E-state index contributed by atoms with van der Waals surface area (Å²) in [4.78, 5) is 24.6. The lowest BCUT2D eigenvalue weighted by Gasteiger charge is -2.32. The number of carbonyl (C=O) groups is 1. The van der Waals surface area contributed by atoms with Crippen LogP contribution < -0.4 is 15.5 Å². The number of aliphatic imine (C=N–C) groups is 1. The summed E-state index contributed by atoms with van der Waals surface area (Å²) < 4.78 is 5.57. The fourth-order valence-corrected chi connectivity index (χ4v) is 2.55. The summed E-state index contributed by atoms with van der Waals surface area (Å²) in [5.74, 6) is 1.59. The third kappa shape index (κ3) is 6.18. The number of hydrogen-bond acceptors (Lipinski definition) is 5. The molecule has 2 N–H and O–H groups in total. The molecule has 2 rings (SSSR count). The summed E-state index contributed by atoms with van der Waals surface area (Å²) in [5.41, 5.74) is 1.02. The van der Waals surface area contributed by atoms with E-state index < -0.39 is 0 Å². The van der Waals surface area contributed by atoms with Crippen LogP contribution in [0.5, 0.6) is 0 Å². The average molecular weight is 362 g/mol. The topological polar surface area (TPSA) is 82.1 Å². The van der Waals surface area contributed by atoms with Crippen LogP contribution in [-0.4, -0.2) is 74.7 Å². The Morgan fingerprint density at radius 1 is 1.42 bits per heavy atom. The predicted octanol–water partition coefficient (Wildman–Crippen LogP) is 0.450. The molecule has 144 valence electrons. The molecule has 8 nitrogen and oxygen atoms in total. The van der Waals surface area contributed by atoms with Gasteiger partial charge in [0.2, 0.25) is 5.91 Å². The summed E-state index contributed by atoms with van der Waals surface area (Å²) in [6.07, 6.45) is 2.08. The SMILES string of the molecule is CCNC(=NCc1ccc(N2CCOC(C)C2)nc1)NCC(=O)N(C)C. The van der Waals surface area contributed by atoms with Gasteiger partial charge in [-0.05, 0) is 25.5 Å². The van der Waals surface area contributed by atoms with Crippen molar-refractivity contribution in [2.45, 2.75) is 26.5 Å². The Hall–Kier alpha value is -2.35. The summed E-state index contributed by atoms with van der Waals surface area (Å²) in [5, 5.41) is 6.19. The average Bonchev–Trinajstić information content (AvgIpc) is 2.64. The second-order valence-corrected chi connectivity index (χ2v) is 6.49. The molecule has 1 amide bonds. The molecular formula is C18H30N6O2. The Kier molecular flexibility index (Phi) is 7.65. The zero-order chi connectivity index (χ0) is 18.9. The van der Waals surface area contributed by atoms with E-state index in [0.29, 0.717) is 12.5 Å². The maximum Gasteiger partial charge on any atom is 0.241 e. The van der Waals surface area contributed by atoms with E-state index in [1.807, 2.05) is 25.3 Å². The Balaban J connectivity index is 1.92. The monoisotopic (exact) mass is 362 g/mol. The largest absolute Gasteiger partial charge is 0.375 e. The highest BCUT2D eigenvalue weighted by molar-refractivity contribution is 5.86. The van der Waals surface area contributed by atoms with Crippen LogP contribution in [0.3, 0.4) is 0 Å². The number of nitrogens with zero attached hydrogens (tertiary/aromatic N) is 4. The van der Waals surface area contributed by atoms with Crippen LogP contribution in [0, 0.1) is 0 Å². The first kappa shape index (κ1) is 20.0. The van der Waals surface area contributed by atoms with Crippen molar-refractivity contribution >= 4 is 17.7 Å². The van der Waals surface area contributed by atoms with E-state index in [-0.39, 0.29) is 18.6 Å². The van der Waals surface area contributed by atoms with E-state index in [9.17, 15) is 4.79 Å². The van der Waals surface area contributed by atoms with Gasteiger partial charge in [-0.1, -0.05) is 6.07 Å². The summed E-state index contributed by atoms with van der Waals surface area (Å²) in [6.45, 7) is 7.97. The van der Waals surface area contributed by atoms with Crippen LogP contribution in [0.2, 0.25) is 0 Å². The van der Waals surface area contributed by atoms with Crippen LogP contribution >= 0.6 is 0 Å². The maximum atomic E-state index is 11.7. The van der Waals surface area contributed by atoms with Gasteiger partial charge in [0.15, 0.2) is 5.96 Å². The van der Waals surface area contributed by atoms with Crippen molar-refractivity contribution < 1.29 is 9.53 Å². The van der Waals surface area contributed by atoms with Gasteiger partial charge in [0.05, 0.1) is 25.8 Å². The molecule has 1 aliphatic heterocycles. The first-order chi connectivity index (χ1) is 12.5. The van der Waals surface area contributed by atoms with Crippen molar-refractivity contribution in [1.29, 1.82) is 0 Å². The molecule has 0 aliphatic carbocycles. The zero-order valence-corrected chi connectivity index (χ0v) is 16.2. The van der Waals surface area contributed by atoms with Crippen LogP contribution in [-0.2, 0) is 16.1 Å². The Bertz CT molecular complexity index is 602. The van der Waals surface area contributed by atoms with E-state index in [1.54, 1.807) is 19.0 Å². The van der Waals surface area contributed by atoms with Crippen molar-refractivity contribution in [3.8, 4) is 0 Å². The standard InChI is InChI=1S/C18H30N6O2/c1-5-19-18(22-12-17(25)23(3)4)21-11-15-6-7-16(20-10-15)24-8-9-26-14(2)13-24/h6-7,10,14H,5,8-9,11-13H2,1-4H3,(H2,19,21,22). The Morgan fingerprint density at radius 3 is 2.85 bits per heavy atom. The lowest BCUT2D eigenvalue weighted by molar-refractivity contribution is -0.127. The number of guanidine groups is 1.